The molecule has 0 fully saturated rings. The zero-order valence-electron chi connectivity index (χ0n) is 16.3. The molecule has 30 heavy (non-hydrogen) atoms. The third kappa shape index (κ3) is 5.86. The fraction of sp³-hybridized carbons (Fsp3) is 0.300. The van der Waals surface area contributed by atoms with Gasteiger partial charge in [-0.2, -0.15) is 18.3 Å². The molecule has 0 saturated heterocycles. The van der Waals surface area contributed by atoms with E-state index in [1.807, 2.05) is 32.0 Å². The minimum atomic E-state index is -4.41. The molecule has 1 amide bonds. The van der Waals surface area contributed by atoms with E-state index in [4.69, 9.17) is 9.15 Å². The van der Waals surface area contributed by atoms with Crippen LogP contribution < -0.4 is 10.1 Å². The van der Waals surface area contributed by atoms with Gasteiger partial charge in [0.25, 0.3) is 5.91 Å². The van der Waals surface area contributed by atoms with Crippen molar-refractivity contribution in [2.75, 3.05) is 11.9 Å². The number of carbonyl (C=O) groups is 1. The van der Waals surface area contributed by atoms with Crippen LogP contribution in [0.15, 0.2) is 47.1 Å². The summed E-state index contributed by atoms with van der Waals surface area (Å²) in [5.41, 5.74) is 2.28. The van der Waals surface area contributed by atoms with Gasteiger partial charge in [0.05, 0.1) is 18.1 Å². The molecule has 1 aromatic carbocycles. The van der Waals surface area contributed by atoms with E-state index < -0.39 is 25.4 Å². The number of halogens is 3. The lowest BCUT2D eigenvalue weighted by Crippen LogP contribution is -2.18. The van der Waals surface area contributed by atoms with Crippen LogP contribution in [0.3, 0.4) is 0 Å². The predicted octanol–water partition coefficient (Wildman–Crippen LogP) is 4.46. The number of alkyl halides is 3. The number of aryl methyl sites for hydroxylation is 2. The van der Waals surface area contributed by atoms with Gasteiger partial charge in [0.1, 0.15) is 31.5 Å². The van der Waals surface area contributed by atoms with E-state index >= 15 is 0 Å². The molecule has 2 heterocycles. The van der Waals surface area contributed by atoms with E-state index in [1.54, 1.807) is 6.07 Å². The van der Waals surface area contributed by atoms with E-state index in [-0.39, 0.29) is 12.4 Å². The molecular weight excluding hydrogens is 403 g/mol. The second kappa shape index (κ2) is 9.04. The number of furan rings is 1. The summed E-state index contributed by atoms with van der Waals surface area (Å²) in [7, 11) is 0. The van der Waals surface area contributed by atoms with Gasteiger partial charge in [-0.3, -0.25) is 4.79 Å². The van der Waals surface area contributed by atoms with Crippen LogP contribution in [0, 0.1) is 13.8 Å². The summed E-state index contributed by atoms with van der Waals surface area (Å²) in [6.07, 6.45) is -1.77. The number of hydrogen-bond donors (Lipinski definition) is 1. The van der Waals surface area contributed by atoms with Gasteiger partial charge in [-0.1, -0.05) is 18.2 Å². The average molecular weight is 423 g/mol. The Morgan fingerprint density at radius 1 is 1.20 bits per heavy atom. The highest BCUT2D eigenvalue weighted by Gasteiger charge is 2.27. The summed E-state index contributed by atoms with van der Waals surface area (Å²) in [5.74, 6) is 0.777. The Balaban J connectivity index is 1.53. The van der Waals surface area contributed by atoms with Crippen LogP contribution in [0.25, 0.3) is 0 Å². The van der Waals surface area contributed by atoms with Crippen molar-refractivity contribution in [2.45, 2.75) is 33.4 Å². The van der Waals surface area contributed by atoms with Crippen LogP contribution in [-0.2, 0) is 18.1 Å². The quantitative estimate of drug-likeness (QED) is 0.579. The zero-order chi connectivity index (χ0) is 21.7. The number of amides is 1. The number of hydrogen-bond acceptors (Lipinski definition) is 5. The Kier molecular flexibility index (Phi) is 6.46. The number of rotatable bonds is 8. The third-order valence-electron chi connectivity index (χ3n) is 4.03. The largest absolute Gasteiger partial charge is 0.485 e. The second-order valence-corrected chi connectivity index (χ2v) is 6.59. The minimum Gasteiger partial charge on any atom is -0.485 e. The van der Waals surface area contributed by atoms with Crippen LogP contribution in [0.5, 0.6) is 5.75 Å². The lowest BCUT2D eigenvalue weighted by Gasteiger charge is -2.10. The smallest absolute Gasteiger partial charge is 0.411 e. The third-order valence-corrected chi connectivity index (χ3v) is 4.03. The number of nitrogens with one attached hydrogen (secondary N) is 1. The minimum absolute atomic E-state index is 0.0659. The number of carbonyl (C=O) groups excluding carboxylic acids is 1. The number of anilines is 1. The molecule has 160 valence electrons. The molecule has 3 aromatic rings. The Labute approximate surface area is 170 Å². The Morgan fingerprint density at radius 3 is 2.63 bits per heavy atom. The number of aromatic nitrogens is 2. The molecule has 1 N–H and O–H groups in total. The number of benzene rings is 1. The first-order chi connectivity index (χ1) is 14.2. The molecule has 0 unspecified atom stereocenters. The Hall–Kier alpha value is -3.27. The zero-order valence-corrected chi connectivity index (χ0v) is 16.3. The van der Waals surface area contributed by atoms with Crippen LogP contribution in [0.1, 0.15) is 27.4 Å². The lowest BCUT2D eigenvalue weighted by atomic mass is 10.1. The van der Waals surface area contributed by atoms with Gasteiger partial charge < -0.3 is 19.2 Å². The van der Waals surface area contributed by atoms with E-state index in [1.165, 1.54) is 18.5 Å². The van der Waals surface area contributed by atoms with Crippen molar-refractivity contribution in [3.8, 4) is 5.75 Å². The second-order valence-electron chi connectivity index (χ2n) is 6.59. The summed E-state index contributed by atoms with van der Waals surface area (Å²) in [5, 5.41) is 6.38. The number of para-hydroxylation sites is 1. The van der Waals surface area contributed by atoms with Gasteiger partial charge in [-0.25, -0.2) is 4.68 Å². The predicted molar refractivity (Wildman–Crippen MR) is 101 cm³/mol. The highest BCUT2D eigenvalue weighted by atomic mass is 19.4. The van der Waals surface area contributed by atoms with E-state index in [2.05, 4.69) is 15.2 Å². The first-order valence-corrected chi connectivity index (χ1v) is 8.97. The van der Waals surface area contributed by atoms with Gasteiger partial charge in [-0.05, 0) is 37.1 Å². The highest BCUT2D eigenvalue weighted by molar-refractivity contribution is 6.02. The van der Waals surface area contributed by atoms with Crippen molar-refractivity contribution in [3.63, 3.8) is 0 Å². The molecule has 10 heteroatoms. The van der Waals surface area contributed by atoms with Crippen molar-refractivity contribution >= 4 is 11.6 Å². The normalized spacial score (nSPS) is 11.5. The fourth-order valence-electron chi connectivity index (χ4n) is 2.69. The molecule has 7 nitrogen and oxygen atoms in total. The van der Waals surface area contributed by atoms with Crippen molar-refractivity contribution in [1.82, 2.24) is 9.78 Å². The van der Waals surface area contributed by atoms with Crippen LogP contribution in [0.2, 0.25) is 0 Å². The molecule has 0 aliphatic heterocycles. The van der Waals surface area contributed by atoms with Crippen LogP contribution in [0.4, 0.5) is 18.9 Å². The van der Waals surface area contributed by atoms with Crippen molar-refractivity contribution in [3.05, 3.63) is 65.4 Å². The first-order valence-electron chi connectivity index (χ1n) is 8.97. The van der Waals surface area contributed by atoms with E-state index in [9.17, 15) is 18.0 Å². The highest BCUT2D eigenvalue weighted by Crippen LogP contribution is 2.24. The van der Waals surface area contributed by atoms with E-state index in [0.29, 0.717) is 11.4 Å². The number of ether oxygens (including phenoxy) is 2. The SMILES string of the molecule is Cc1cccc(C)c1OCc1ccc(C(=O)Nc2cnn(COCC(F)(F)F)c2)o1. The fourth-order valence-corrected chi connectivity index (χ4v) is 2.69. The average Bonchev–Trinajstić information content (AvgIpc) is 3.30. The van der Waals surface area contributed by atoms with E-state index in [0.717, 1.165) is 21.6 Å². The monoisotopic (exact) mass is 423 g/mol. The van der Waals surface area contributed by atoms with Gasteiger partial charge in [0.15, 0.2) is 5.76 Å². The molecule has 0 atom stereocenters. The van der Waals surface area contributed by atoms with Crippen LogP contribution in [-0.4, -0.2) is 28.5 Å². The topological polar surface area (TPSA) is 78.5 Å². The molecule has 0 bridgehead atoms. The Morgan fingerprint density at radius 2 is 1.93 bits per heavy atom. The molecule has 2 aromatic heterocycles. The first kappa shape index (κ1) is 21.4. The van der Waals surface area contributed by atoms with Crippen LogP contribution >= 0.6 is 0 Å². The summed E-state index contributed by atoms with van der Waals surface area (Å²) in [6.45, 7) is 2.27. The molecule has 0 spiro atoms. The molecule has 0 aliphatic carbocycles. The maximum Gasteiger partial charge on any atom is 0.411 e. The van der Waals surface area contributed by atoms with Gasteiger partial charge in [0, 0.05) is 0 Å². The summed E-state index contributed by atoms with van der Waals surface area (Å²) < 4.78 is 53.2. The molecule has 0 saturated carbocycles. The van der Waals surface area contributed by atoms with Gasteiger partial charge >= 0.3 is 6.18 Å². The standard InChI is InChI=1S/C20H20F3N3O4/c1-13-4-3-5-14(2)18(13)29-10-16-6-7-17(30-16)19(27)25-15-8-24-26(9-15)12-28-11-20(21,22)23/h3-9H,10-12H2,1-2H3,(H,25,27). The summed E-state index contributed by atoms with van der Waals surface area (Å²) in [4.78, 5) is 12.3. The molecule has 0 radical (unpaired) electrons. The molecular formula is C20H20F3N3O4. The maximum absolute atomic E-state index is 12.3. The van der Waals surface area contributed by atoms with Crippen molar-refractivity contribution < 1.29 is 31.9 Å². The maximum atomic E-state index is 12.3. The molecule has 3 rings (SSSR count). The number of nitrogens with zero attached hydrogens (tertiary/aromatic N) is 2. The lowest BCUT2D eigenvalue weighted by molar-refractivity contribution is -0.182. The van der Waals surface area contributed by atoms with Crippen molar-refractivity contribution in [1.29, 1.82) is 0 Å². The van der Waals surface area contributed by atoms with Crippen molar-refractivity contribution in [2.24, 2.45) is 0 Å². The Bertz CT molecular complexity index is 991. The summed E-state index contributed by atoms with van der Waals surface area (Å²) >= 11 is 0. The van der Waals surface area contributed by atoms with Gasteiger partial charge in [-0.15, -0.1) is 0 Å². The molecule has 0 aliphatic rings. The summed E-state index contributed by atoms with van der Waals surface area (Å²) in [6, 6.07) is 8.97. The van der Waals surface area contributed by atoms with Gasteiger partial charge in [0.2, 0.25) is 0 Å².